The molecule has 10 nitrogen and oxygen atoms in total. The van der Waals surface area contributed by atoms with Crippen LogP contribution >= 0.6 is 11.6 Å². The normalized spacial score (nSPS) is 15.1. The molecule has 0 N–H and O–H groups in total. The van der Waals surface area contributed by atoms with Crippen LogP contribution in [0.25, 0.3) is 17.1 Å². The zero-order valence-electron chi connectivity index (χ0n) is 21.4. The van der Waals surface area contributed by atoms with Crippen molar-refractivity contribution in [1.29, 1.82) is 0 Å². The molecule has 2 fully saturated rings. The van der Waals surface area contributed by atoms with Crippen molar-refractivity contribution in [2.75, 3.05) is 36.0 Å². The van der Waals surface area contributed by atoms with Gasteiger partial charge in [0.05, 0.1) is 29.7 Å². The van der Waals surface area contributed by atoms with Crippen LogP contribution in [0.2, 0.25) is 5.02 Å². The van der Waals surface area contributed by atoms with E-state index in [-0.39, 0.29) is 16.5 Å². The topological polar surface area (TPSA) is 97.3 Å². The molecule has 198 valence electrons. The van der Waals surface area contributed by atoms with Crippen LogP contribution in [-0.2, 0) is 0 Å². The molecule has 2 aliphatic heterocycles. The van der Waals surface area contributed by atoms with Gasteiger partial charge in [0.25, 0.3) is 5.69 Å². The van der Waals surface area contributed by atoms with Crippen LogP contribution < -0.4 is 18.9 Å². The Hall–Kier alpha value is -4.31. The Morgan fingerprint density at radius 3 is 1.79 bits per heavy atom. The maximum Gasteiger partial charge on any atom is 0.477 e. The number of pyridine rings is 2. The summed E-state index contributed by atoms with van der Waals surface area (Å²) in [5, 5.41) is 16.0. The van der Waals surface area contributed by atoms with E-state index in [1.165, 1.54) is 43.5 Å². The fourth-order valence-electron chi connectivity index (χ4n) is 5.03. The summed E-state index contributed by atoms with van der Waals surface area (Å²) in [4.78, 5) is 24.8. The minimum Gasteiger partial charge on any atom is -0.400 e. The van der Waals surface area contributed by atoms with E-state index in [2.05, 4.69) is 44.4 Å². The second-order valence-corrected chi connectivity index (χ2v) is 10.1. The summed E-state index contributed by atoms with van der Waals surface area (Å²) >= 11 is 6.84. The lowest BCUT2D eigenvalue weighted by Crippen LogP contribution is -2.37. The Bertz CT molecular complexity index is 1470. The van der Waals surface area contributed by atoms with Gasteiger partial charge in [-0.2, -0.15) is 4.57 Å². The quantitative estimate of drug-likeness (QED) is 0.182. The molecule has 0 amide bonds. The third-order valence-electron chi connectivity index (χ3n) is 7.14. The van der Waals surface area contributed by atoms with Crippen LogP contribution in [0.15, 0.2) is 73.3 Å². The highest BCUT2D eigenvalue weighted by atomic mass is 35.5. The van der Waals surface area contributed by atoms with Crippen molar-refractivity contribution < 1.29 is 14.1 Å². The summed E-state index contributed by atoms with van der Waals surface area (Å²) < 4.78 is 3.70. The molecule has 11 heteroatoms. The predicted octanol–water partition coefficient (Wildman–Crippen LogP) is 5.13. The Kier molecular flexibility index (Phi) is 6.93. The monoisotopic (exact) mass is 543 g/mol. The SMILES string of the molecule is O=[N+]([O-])c1ccc([N-]c2nc(-[n+]3ccc(N4CCCC4)cc3)nc(-[n+]3ccc(N4CCCC4)cc3)c2Cl)cc1. The Labute approximate surface area is 231 Å². The van der Waals surface area contributed by atoms with Gasteiger partial charge in [-0.3, -0.25) is 10.1 Å². The number of nitro groups is 1. The van der Waals surface area contributed by atoms with E-state index in [1.807, 2.05) is 33.9 Å². The summed E-state index contributed by atoms with van der Waals surface area (Å²) in [5.41, 5.74) is 2.82. The Morgan fingerprint density at radius 2 is 1.28 bits per heavy atom. The van der Waals surface area contributed by atoms with E-state index in [0.29, 0.717) is 17.5 Å². The number of nitro benzene ring substituents is 1. The van der Waals surface area contributed by atoms with Gasteiger partial charge in [-0.05, 0) is 43.5 Å². The van der Waals surface area contributed by atoms with Crippen LogP contribution in [0.3, 0.4) is 0 Å². The minimum atomic E-state index is -0.442. The van der Waals surface area contributed by atoms with Crippen LogP contribution in [0.5, 0.6) is 0 Å². The molecule has 5 heterocycles. The lowest BCUT2D eigenvalue weighted by Gasteiger charge is -2.17. The molecule has 0 spiro atoms. The van der Waals surface area contributed by atoms with Crippen molar-refractivity contribution >= 4 is 40.2 Å². The van der Waals surface area contributed by atoms with Gasteiger partial charge in [0.1, 0.15) is 0 Å². The number of anilines is 2. The van der Waals surface area contributed by atoms with Gasteiger partial charge < -0.3 is 15.1 Å². The molecule has 0 bridgehead atoms. The number of non-ortho nitro benzene ring substituents is 1. The van der Waals surface area contributed by atoms with E-state index in [0.717, 1.165) is 31.9 Å². The second kappa shape index (κ2) is 10.8. The zero-order chi connectivity index (χ0) is 26.8. The number of hydrogen-bond acceptors (Lipinski definition) is 6. The number of nitrogens with zero attached hydrogens (tertiary/aromatic N) is 8. The summed E-state index contributed by atoms with van der Waals surface area (Å²) in [6, 6.07) is 14.2. The maximum absolute atomic E-state index is 11.1. The molecule has 4 aromatic rings. The molecule has 2 saturated heterocycles. The van der Waals surface area contributed by atoms with Crippen LogP contribution in [0.4, 0.5) is 28.6 Å². The summed E-state index contributed by atoms with van der Waals surface area (Å²) in [6.45, 7) is 4.25. The van der Waals surface area contributed by atoms with Gasteiger partial charge in [-0.15, -0.1) is 0 Å². The predicted molar refractivity (Wildman–Crippen MR) is 149 cm³/mol. The van der Waals surface area contributed by atoms with Crippen LogP contribution in [0, 0.1) is 10.1 Å². The standard InChI is InChI=1S/C28H28ClN8O2/c29-25-26(30-21-5-7-24(8-6-21)37(38)39)31-28(36-19-11-23(12-20-36)34-15-3-4-16-34)32-27(25)35-17-9-22(10-18-35)33-13-1-2-14-33/h5-12,17-20H,1-4,13-16H2/q+1. The fraction of sp³-hybridized carbons (Fsp3) is 0.286. The van der Waals surface area contributed by atoms with Crippen molar-refractivity contribution in [2.45, 2.75) is 25.7 Å². The first-order valence-corrected chi connectivity index (χ1v) is 13.5. The summed E-state index contributed by atoms with van der Waals surface area (Å²) in [5.74, 6) is 1.18. The smallest absolute Gasteiger partial charge is 0.400 e. The molecule has 0 aliphatic carbocycles. The third kappa shape index (κ3) is 5.33. The molecule has 39 heavy (non-hydrogen) atoms. The first-order chi connectivity index (χ1) is 19.0. The molecule has 1 aromatic carbocycles. The molecular weight excluding hydrogens is 516 g/mol. The molecule has 2 aliphatic rings. The van der Waals surface area contributed by atoms with Crippen molar-refractivity contribution in [2.24, 2.45) is 0 Å². The summed E-state index contributed by atoms with van der Waals surface area (Å²) in [6.07, 6.45) is 12.6. The number of aromatic nitrogens is 4. The van der Waals surface area contributed by atoms with Gasteiger partial charge in [0, 0.05) is 66.8 Å². The van der Waals surface area contributed by atoms with Crippen molar-refractivity contribution in [3.8, 4) is 11.8 Å². The largest absolute Gasteiger partial charge is 0.477 e. The summed E-state index contributed by atoms with van der Waals surface area (Å²) in [7, 11) is 0. The molecule has 0 saturated carbocycles. The van der Waals surface area contributed by atoms with Gasteiger partial charge in [0.2, 0.25) is 0 Å². The highest BCUT2D eigenvalue weighted by molar-refractivity contribution is 6.34. The van der Waals surface area contributed by atoms with Gasteiger partial charge in [-0.1, -0.05) is 28.7 Å². The Morgan fingerprint density at radius 1 is 0.769 bits per heavy atom. The first kappa shape index (κ1) is 25.0. The molecule has 0 radical (unpaired) electrons. The number of halogens is 1. The van der Waals surface area contributed by atoms with E-state index in [4.69, 9.17) is 16.6 Å². The van der Waals surface area contributed by atoms with Gasteiger partial charge in [-0.25, -0.2) is 4.57 Å². The van der Waals surface area contributed by atoms with E-state index >= 15 is 0 Å². The molecular formula is C28H28ClN8O2+. The van der Waals surface area contributed by atoms with E-state index in [1.54, 1.807) is 12.1 Å². The average Bonchev–Trinajstić information content (AvgIpc) is 3.70. The minimum absolute atomic E-state index is 0.00796. The molecule has 6 rings (SSSR count). The highest BCUT2D eigenvalue weighted by Crippen LogP contribution is 2.36. The second-order valence-electron chi connectivity index (χ2n) is 9.69. The van der Waals surface area contributed by atoms with E-state index < -0.39 is 4.92 Å². The maximum atomic E-state index is 11.1. The number of benzene rings is 1. The average molecular weight is 544 g/mol. The van der Waals surface area contributed by atoms with Crippen molar-refractivity contribution in [3.63, 3.8) is 0 Å². The molecule has 3 aromatic heterocycles. The lowest BCUT2D eigenvalue weighted by molar-refractivity contribution is -0.614. The third-order valence-corrected chi connectivity index (χ3v) is 7.48. The van der Waals surface area contributed by atoms with Gasteiger partial charge in [0.15, 0.2) is 10.8 Å². The highest BCUT2D eigenvalue weighted by Gasteiger charge is 2.27. The Balaban J connectivity index is 1.37. The fourth-order valence-corrected chi connectivity index (χ4v) is 5.25. The lowest BCUT2D eigenvalue weighted by atomic mass is 10.3. The molecule has 0 atom stereocenters. The zero-order valence-corrected chi connectivity index (χ0v) is 22.1. The first-order valence-electron chi connectivity index (χ1n) is 13.1. The van der Waals surface area contributed by atoms with Crippen LogP contribution in [-0.4, -0.2) is 41.1 Å². The van der Waals surface area contributed by atoms with Crippen molar-refractivity contribution in [3.05, 3.63) is 93.8 Å². The van der Waals surface area contributed by atoms with Gasteiger partial charge >= 0.3 is 11.8 Å². The van der Waals surface area contributed by atoms with Crippen LogP contribution in [0.1, 0.15) is 25.7 Å². The number of rotatable bonds is 7. The molecule has 0 unspecified atom stereocenters. The van der Waals surface area contributed by atoms with Crippen molar-refractivity contribution in [1.82, 2.24) is 9.97 Å². The number of hydrogen-bond donors (Lipinski definition) is 0. The van der Waals surface area contributed by atoms with E-state index in [9.17, 15) is 10.1 Å².